The molecule has 0 fully saturated rings. The van der Waals surface area contributed by atoms with Gasteiger partial charge >= 0.3 is 0 Å². The lowest BCUT2D eigenvalue weighted by Crippen LogP contribution is -2.39. The quantitative estimate of drug-likeness (QED) is 0.197. The van der Waals surface area contributed by atoms with Crippen molar-refractivity contribution in [1.82, 2.24) is 4.57 Å². The van der Waals surface area contributed by atoms with Crippen molar-refractivity contribution in [2.45, 2.75) is 24.5 Å². The summed E-state index contributed by atoms with van der Waals surface area (Å²) >= 11 is 7.12. The predicted molar refractivity (Wildman–Crippen MR) is 160 cm³/mol. The number of sulfonamides is 1. The Morgan fingerprint density at radius 3 is 2.08 bits per heavy atom. The fraction of sp³-hybridized carbons (Fsp3) is 0.172. The zero-order valence-corrected chi connectivity index (χ0v) is 24.8. The largest absolute Gasteiger partial charge is 0.497 e. The number of aliphatic hydroxyl groups excluding tert-OH is 1. The molecule has 0 saturated heterocycles. The number of aromatic nitrogens is 1. The highest BCUT2D eigenvalue weighted by molar-refractivity contribution is 9.10. The molecule has 196 valence electrons. The fourth-order valence-electron chi connectivity index (χ4n) is 4.65. The summed E-state index contributed by atoms with van der Waals surface area (Å²) in [6.45, 7) is 1.97. The maximum atomic E-state index is 13.8. The van der Waals surface area contributed by atoms with Crippen molar-refractivity contribution in [3.63, 3.8) is 0 Å². The van der Waals surface area contributed by atoms with E-state index in [2.05, 4.69) is 44.0 Å². The van der Waals surface area contributed by atoms with Crippen LogP contribution >= 0.6 is 31.9 Å². The Morgan fingerprint density at radius 1 is 0.895 bits per heavy atom. The molecule has 0 saturated carbocycles. The molecule has 0 radical (unpaired) electrons. The van der Waals surface area contributed by atoms with Gasteiger partial charge < -0.3 is 14.4 Å². The number of aryl methyl sites for hydroxylation is 1. The standard InChI is InChI=1S/C29H26Br2N2O4S/c1-19-6-10-25(11-7-19)38(35,36)33(22-4-3-5-24(16-22)37-2)18-23(34)17-32-28-12-8-20(30)14-26(28)27-15-21(31)9-13-29(27)32/h3-16,23,34H,17-18H2,1-2H3. The van der Waals surface area contributed by atoms with Gasteiger partial charge in [-0.05, 0) is 67.6 Å². The molecule has 5 rings (SSSR count). The Hall–Kier alpha value is -2.85. The first kappa shape index (κ1) is 26.7. The summed E-state index contributed by atoms with van der Waals surface area (Å²) in [5, 5.41) is 13.5. The molecular weight excluding hydrogens is 632 g/mol. The van der Waals surface area contributed by atoms with Crippen LogP contribution in [-0.4, -0.2) is 37.8 Å². The molecule has 0 bridgehead atoms. The van der Waals surface area contributed by atoms with Crippen molar-refractivity contribution in [1.29, 1.82) is 0 Å². The van der Waals surface area contributed by atoms with Gasteiger partial charge in [-0.1, -0.05) is 55.6 Å². The van der Waals surface area contributed by atoms with Crippen LogP contribution in [-0.2, 0) is 16.6 Å². The van der Waals surface area contributed by atoms with E-state index in [4.69, 9.17) is 4.74 Å². The van der Waals surface area contributed by atoms with Gasteiger partial charge in [0.2, 0.25) is 0 Å². The number of halogens is 2. The Labute approximate surface area is 238 Å². The number of nitrogens with zero attached hydrogens (tertiary/aromatic N) is 2. The SMILES string of the molecule is COc1cccc(N(CC(O)Cn2c3ccc(Br)cc3c3cc(Br)ccc32)S(=O)(=O)c2ccc(C)cc2)c1. The maximum Gasteiger partial charge on any atom is 0.264 e. The third-order valence-corrected chi connectivity index (χ3v) is 9.30. The van der Waals surface area contributed by atoms with E-state index in [0.717, 1.165) is 36.3 Å². The third-order valence-electron chi connectivity index (χ3n) is 6.51. The lowest BCUT2D eigenvalue weighted by Gasteiger charge is -2.27. The molecule has 38 heavy (non-hydrogen) atoms. The lowest BCUT2D eigenvalue weighted by atomic mass is 10.2. The van der Waals surface area contributed by atoms with Crippen LogP contribution in [0.25, 0.3) is 21.8 Å². The van der Waals surface area contributed by atoms with Crippen LogP contribution < -0.4 is 9.04 Å². The molecule has 0 amide bonds. The second-order valence-corrected chi connectivity index (χ2v) is 12.8. The van der Waals surface area contributed by atoms with E-state index < -0.39 is 16.1 Å². The highest BCUT2D eigenvalue weighted by atomic mass is 79.9. The first-order chi connectivity index (χ1) is 18.2. The molecule has 1 aromatic heterocycles. The molecule has 4 aromatic carbocycles. The average Bonchev–Trinajstić information content (AvgIpc) is 3.19. The zero-order chi connectivity index (χ0) is 27.0. The van der Waals surface area contributed by atoms with Crippen LogP contribution in [0.15, 0.2) is 98.8 Å². The van der Waals surface area contributed by atoms with Crippen LogP contribution in [0.1, 0.15) is 5.56 Å². The number of methoxy groups -OCH3 is 1. The average molecular weight is 658 g/mol. The summed E-state index contributed by atoms with van der Waals surface area (Å²) in [5.74, 6) is 0.527. The summed E-state index contributed by atoms with van der Waals surface area (Å²) in [7, 11) is -2.44. The smallest absolute Gasteiger partial charge is 0.264 e. The first-order valence-electron chi connectivity index (χ1n) is 12.0. The molecule has 0 aliphatic carbocycles. The van der Waals surface area contributed by atoms with Gasteiger partial charge in [0.1, 0.15) is 5.75 Å². The molecule has 0 spiro atoms. The van der Waals surface area contributed by atoms with E-state index in [-0.39, 0.29) is 18.0 Å². The van der Waals surface area contributed by atoms with E-state index in [0.29, 0.717) is 11.4 Å². The van der Waals surface area contributed by atoms with E-state index in [1.165, 1.54) is 11.4 Å². The number of hydrogen-bond acceptors (Lipinski definition) is 4. The number of rotatable bonds is 8. The van der Waals surface area contributed by atoms with Crippen molar-refractivity contribution >= 4 is 69.4 Å². The van der Waals surface area contributed by atoms with Crippen molar-refractivity contribution in [2.75, 3.05) is 18.0 Å². The second-order valence-electron chi connectivity index (χ2n) is 9.14. The fourth-order valence-corrected chi connectivity index (χ4v) is 6.87. The molecule has 1 atom stereocenters. The molecule has 5 aromatic rings. The zero-order valence-electron chi connectivity index (χ0n) is 20.8. The van der Waals surface area contributed by atoms with E-state index in [1.807, 2.05) is 35.8 Å². The van der Waals surface area contributed by atoms with Crippen molar-refractivity contribution in [3.05, 3.63) is 99.4 Å². The second kappa shape index (κ2) is 10.7. The highest BCUT2D eigenvalue weighted by Crippen LogP contribution is 2.34. The number of fused-ring (bicyclic) bond motifs is 3. The summed E-state index contributed by atoms with van der Waals surface area (Å²) in [5.41, 5.74) is 3.28. The molecule has 0 aliphatic rings. The molecule has 1 heterocycles. The van der Waals surface area contributed by atoms with Crippen LogP contribution in [0.2, 0.25) is 0 Å². The molecule has 6 nitrogen and oxygen atoms in total. The van der Waals surface area contributed by atoms with E-state index in [9.17, 15) is 13.5 Å². The summed E-state index contributed by atoms with van der Waals surface area (Å²) < 4.78 is 38.2. The van der Waals surface area contributed by atoms with Crippen LogP contribution in [0.4, 0.5) is 5.69 Å². The molecule has 9 heteroatoms. The van der Waals surface area contributed by atoms with Crippen LogP contribution in [0, 0.1) is 6.92 Å². The topological polar surface area (TPSA) is 71.8 Å². The number of aliphatic hydroxyl groups is 1. The molecule has 0 aliphatic heterocycles. The molecule has 1 N–H and O–H groups in total. The Bertz CT molecular complexity index is 1670. The van der Waals surface area contributed by atoms with Gasteiger partial charge in [-0.3, -0.25) is 4.31 Å². The van der Waals surface area contributed by atoms with Crippen LogP contribution in [0.5, 0.6) is 5.75 Å². The minimum atomic E-state index is -3.97. The summed E-state index contributed by atoms with van der Waals surface area (Å²) in [6, 6.07) is 25.6. The van der Waals surface area contributed by atoms with Gasteiger partial charge in [0.15, 0.2) is 0 Å². The number of hydrogen-bond donors (Lipinski definition) is 1. The molecular formula is C29H26Br2N2O4S. The molecule has 1 unspecified atom stereocenters. The highest BCUT2D eigenvalue weighted by Gasteiger charge is 2.28. The first-order valence-corrected chi connectivity index (χ1v) is 15.0. The number of ether oxygens (including phenoxy) is 1. The van der Waals surface area contributed by atoms with Gasteiger partial charge in [0, 0.05) is 36.8 Å². The number of anilines is 1. The third kappa shape index (κ3) is 5.20. The van der Waals surface area contributed by atoms with Crippen molar-refractivity contribution in [3.8, 4) is 5.75 Å². The summed E-state index contributed by atoms with van der Waals surface area (Å²) in [6.07, 6.45) is -1.01. The number of benzene rings is 4. The van der Waals surface area contributed by atoms with Crippen LogP contribution in [0.3, 0.4) is 0 Å². The minimum Gasteiger partial charge on any atom is -0.497 e. The maximum absolute atomic E-state index is 13.8. The normalized spacial score (nSPS) is 12.7. The predicted octanol–water partition coefficient (Wildman–Crippen LogP) is 6.89. The van der Waals surface area contributed by atoms with Crippen molar-refractivity contribution in [2.24, 2.45) is 0 Å². The summed E-state index contributed by atoms with van der Waals surface area (Å²) in [4.78, 5) is 0.157. The Balaban J connectivity index is 1.55. The minimum absolute atomic E-state index is 0.141. The lowest BCUT2D eigenvalue weighted by molar-refractivity contribution is 0.166. The van der Waals surface area contributed by atoms with Gasteiger partial charge in [0.05, 0.1) is 36.9 Å². The van der Waals surface area contributed by atoms with Gasteiger partial charge in [0.25, 0.3) is 10.0 Å². The monoisotopic (exact) mass is 656 g/mol. The van der Waals surface area contributed by atoms with Gasteiger partial charge in [-0.15, -0.1) is 0 Å². The van der Waals surface area contributed by atoms with Gasteiger partial charge in [-0.25, -0.2) is 8.42 Å². The van der Waals surface area contributed by atoms with E-state index >= 15 is 0 Å². The van der Waals surface area contributed by atoms with E-state index in [1.54, 1.807) is 48.5 Å². The Kier molecular flexibility index (Phi) is 7.55. The van der Waals surface area contributed by atoms with Gasteiger partial charge in [-0.2, -0.15) is 0 Å². The Morgan fingerprint density at radius 2 is 1.50 bits per heavy atom. The van der Waals surface area contributed by atoms with Crippen molar-refractivity contribution < 1.29 is 18.3 Å².